The third kappa shape index (κ3) is 2.51. The molecule has 2 rings (SSSR count). The first-order chi connectivity index (χ1) is 8.50. The molecule has 0 spiro atoms. The molecule has 1 fully saturated rings. The van der Waals surface area contributed by atoms with Crippen LogP contribution in [0, 0.1) is 11.7 Å². The van der Waals surface area contributed by atoms with E-state index in [0.717, 1.165) is 19.4 Å². The maximum Gasteiger partial charge on any atom is 0.146 e. The molecule has 1 saturated heterocycles. The molecule has 18 heavy (non-hydrogen) atoms. The highest BCUT2D eigenvalue weighted by atomic mass is 19.1. The van der Waals surface area contributed by atoms with E-state index in [2.05, 4.69) is 18.7 Å². The minimum Gasteiger partial charge on any atom is -0.389 e. The predicted molar refractivity (Wildman–Crippen MR) is 72.2 cm³/mol. The van der Waals surface area contributed by atoms with Crippen molar-refractivity contribution in [1.82, 2.24) is 0 Å². The molecule has 0 bridgehead atoms. The summed E-state index contributed by atoms with van der Waals surface area (Å²) in [6.07, 6.45) is 1.52. The van der Waals surface area contributed by atoms with Gasteiger partial charge in [0, 0.05) is 18.2 Å². The summed E-state index contributed by atoms with van der Waals surface area (Å²) in [5, 5.41) is 9.80. The molecule has 3 heteroatoms. The van der Waals surface area contributed by atoms with Crippen molar-refractivity contribution in [3.8, 4) is 0 Å². The highest BCUT2D eigenvalue weighted by molar-refractivity contribution is 5.56. The van der Waals surface area contributed by atoms with Gasteiger partial charge in [-0.1, -0.05) is 19.1 Å². The summed E-state index contributed by atoms with van der Waals surface area (Å²) in [4.78, 5) is 2.11. The molecule has 0 saturated carbocycles. The van der Waals surface area contributed by atoms with Gasteiger partial charge in [0.1, 0.15) is 5.82 Å². The predicted octanol–water partition coefficient (Wildman–Crippen LogP) is 3.50. The summed E-state index contributed by atoms with van der Waals surface area (Å²) in [6, 6.07) is 5.28. The Bertz CT molecular complexity index is 419. The van der Waals surface area contributed by atoms with Gasteiger partial charge in [-0.15, -0.1) is 0 Å². The topological polar surface area (TPSA) is 23.5 Å². The van der Waals surface area contributed by atoms with Crippen molar-refractivity contribution < 1.29 is 9.50 Å². The van der Waals surface area contributed by atoms with Crippen molar-refractivity contribution in [3.63, 3.8) is 0 Å². The molecule has 1 aliphatic rings. The van der Waals surface area contributed by atoms with Gasteiger partial charge < -0.3 is 10.0 Å². The summed E-state index contributed by atoms with van der Waals surface area (Å²) in [7, 11) is 0. The molecule has 1 heterocycles. The van der Waals surface area contributed by atoms with Crippen LogP contribution < -0.4 is 4.90 Å². The third-order valence-electron chi connectivity index (χ3n) is 3.89. The molecule has 1 aliphatic heterocycles. The summed E-state index contributed by atoms with van der Waals surface area (Å²) in [6.45, 7) is 6.93. The van der Waals surface area contributed by atoms with Crippen LogP contribution in [0.25, 0.3) is 0 Å². The van der Waals surface area contributed by atoms with E-state index in [1.165, 1.54) is 6.07 Å². The van der Waals surface area contributed by atoms with E-state index >= 15 is 0 Å². The van der Waals surface area contributed by atoms with Crippen molar-refractivity contribution in [2.24, 2.45) is 5.92 Å². The fraction of sp³-hybridized carbons (Fsp3) is 0.600. The lowest BCUT2D eigenvalue weighted by atomic mass is 9.92. The largest absolute Gasteiger partial charge is 0.389 e. The molecule has 100 valence electrons. The average molecular weight is 251 g/mol. The normalized spacial score (nSPS) is 26.2. The average Bonchev–Trinajstić information content (AvgIpc) is 2.29. The zero-order valence-electron chi connectivity index (χ0n) is 11.4. The lowest BCUT2D eigenvalue weighted by Crippen LogP contribution is -2.41. The fourth-order valence-corrected chi connectivity index (χ4v) is 2.91. The van der Waals surface area contributed by atoms with Crippen LogP contribution in [0.4, 0.5) is 10.1 Å². The van der Waals surface area contributed by atoms with Gasteiger partial charge in [-0.2, -0.15) is 0 Å². The lowest BCUT2D eigenvalue weighted by Gasteiger charge is -2.39. The number of halogens is 1. The van der Waals surface area contributed by atoms with Gasteiger partial charge in [0.15, 0.2) is 0 Å². The summed E-state index contributed by atoms with van der Waals surface area (Å²) in [5.74, 6) is 0.466. The summed E-state index contributed by atoms with van der Waals surface area (Å²) in [5.41, 5.74) is 1.28. The first-order valence-corrected chi connectivity index (χ1v) is 6.73. The number of anilines is 1. The van der Waals surface area contributed by atoms with E-state index in [9.17, 15) is 9.50 Å². The maximum absolute atomic E-state index is 14.1. The summed E-state index contributed by atoms with van der Waals surface area (Å²) < 4.78 is 14.1. The summed E-state index contributed by atoms with van der Waals surface area (Å²) >= 11 is 0. The van der Waals surface area contributed by atoms with Gasteiger partial charge in [0.05, 0.1) is 11.8 Å². The Morgan fingerprint density at radius 1 is 1.39 bits per heavy atom. The standard InChI is InChI=1S/C15H22FNO/c1-10-7-8-17(11(2)9-10)15-13(12(3)18)5-4-6-14(15)16/h4-6,10-12,18H,7-9H2,1-3H3. The van der Waals surface area contributed by atoms with Crippen LogP contribution in [0.15, 0.2) is 18.2 Å². The molecular formula is C15H22FNO. The second-order valence-corrected chi connectivity index (χ2v) is 5.53. The number of rotatable bonds is 2. The number of aliphatic hydroxyl groups excluding tert-OH is 1. The Labute approximate surface area is 108 Å². The SMILES string of the molecule is CC1CCN(c2c(F)cccc2C(C)O)C(C)C1. The van der Waals surface area contributed by atoms with E-state index in [0.29, 0.717) is 23.2 Å². The molecule has 0 aliphatic carbocycles. The second kappa shape index (κ2) is 5.27. The monoisotopic (exact) mass is 251 g/mol. The Balaban J connectivity index is 2.38. The quantitative estimate of drug-likeness (QED) is 0.869. The molecule has 1 aromatic rings. The number of aliphatic hydroxyl groups is 1. The zero-order valence-corrected chi connectivity index (χ0v) is 11.4. The molecule has 0 amide bonds. The Kier molecular flexibility index (Phi) is 3.91. The number of hydrogen-bond donors (Lipinski definition) is 1. The van der Waals surface area contributed by atoms with Gasteiger partial charge in [-0.25, -0.2) is 4.39 Å². The van der Waals surface area contributed by atoms with Crippen molar-refractivity contribution in [2.75, 3.05) is 11.4 Å². The first-order valence-electron chi connectivity index (χ1n) is 6.73. The van der Waals surface area contributed by atoms with Crippen molar-refractivity contribution in [2.45, 2.75) is 45.8 Å². The van der Waals surface area contributed by atoms with Crippen LogP contribution in [-0.2, 0) is 0 Å². The molecule has 0 radical (unpaired) electrons. The van der Waals surface area contributed by atoms with Crippen LogP contribution >= 0.6 is 0 Å². The Morgan fingerprint density at radius 2 is 2.11 bits per heavy atom. The smallest absolute Gasteiger partial charge is 0.146 e. The Hall–Kier alpha value is -1.09. The number of para-hydroxylation sites is 1. The van der Waals surface area contributed by atoms with Gasteiger partial charge in [-0.3, -0.25) is 0 Å². The zero-order chi connectivity index (χ0) is 13.3. The van der Waals surface area contributed by atoms with Crippen LogP contribution in [0.2, 0.25) is 0 Å². The van der Waals surface area contributed by atoms with Gasteiger partial charge in [0.25, 0.3) is 0 Å². The fourth-order valence-electron chi connectivity index (χ4n) is 2.91. The number of benzene rings is 1. The highest BCUT2D eigenvalue weighted by Gasteiger charge is 2.27. The highest BCUT2D eigenvalue weighted by Crippen LogP contribution is 2.34. The van der Waals surface area contributed by atoms with Gasteiger partial charge in [-0.05, 0) is 38.7 Å². The molecule has 1 aromatic carbocycles. The minimum absolute atomic E-state index is 0.227. The number of nitrogens with zero attached hydrogens (tertiary/aromatic N) is 1. The molecule has 2 nitrogen and oxygen atoms in total. The van der Waals surface area contributed by atoms with Crippen LogP contribution in [0.5, 0.6) is 0 Å². The van der Waals surface area contributed by atoms with E-state index in [4.69, 9.17) is 0 Å². The van der Waals surface area contributed by atoms with Crippen molar-refractivity contribution >= 4 is 5.69 Å². The van der Waals surface area contributed by atoms with Crippen LogP contribution in [-0.4, -0.2) is 17.7 Å². The molecule has 3 unspecified atom stereocenters. The van der Waals surface area contributed by atoms with E-state index < -0.39 is 6.10 Å². The Morgan fingerprint density at radius 3 is 2.72 bits per heavy atom. The van der Waals surface area contributed by atoms with E-state index in [-0.39, 0.29) is 5.82 Å². The van der Waals surface area contributed by atoms with Crippen LogP contribution in [0.1, 0.15) is 45.3 Å². The number of hydrogen-bond acceptors (Lipinski definition) is 2. The second-order valence-electron chi connectivity index (χ2n) is 5.53. The van der Waals surface area contributed by atoms with E-state index in [1.807, 2.05) is 6.07 Å². The van der Waals surface area contributed by atoms with Crippen LogP contribution in [0.3, 0.4) is 0 Å². The molecule has 1 N–H and O–H groups in total. The number of piperidine rings is 1. The third-order valence-corrected chi connectivity index (χ3v) is 3.89. The maximum atomic E-state index is 14.1. The van der Waals surface area contributed by atoms with Gasteiger partial charge in [0.2, 0.25) is 0 Å². The lowest BCUT2D eigenvalue weighted by molar-refractivity contribution is 0.198. The van der Waals surface area contributed by atoms with Gasteiger partial charge >= 0.3 is 0 Å². The first kappa shape index (κ1) is 13.3. The molecular weight excluding hydrogens is 229 g/mol. The molecule has 3 atom stereocenters. The minimum atomic E-state index is -0.637. The van der Waals surface area contributed by atoms with Crippen molar-refractivity contribution in [1.29, 1.82) is 0 Å². The van der Waals surface area contributed by atoms with E-state index in [1.54, 1.807) is 13.0 Å². The molecule has 0 aromatic heterocycles. The van der Waals surface area contributed by atoms with Crippen molar-refractivity contribution in [3.05, 3.63) is 29.6 Å².